The third-order valence-corrected chi connectivity index (χ3v) is 14.6. The summed E-state index contributed by atoms with van der Waals surface area (Å²) in [4.78, 5) is 36.8. The number of carboxylic acid groups (broad SMARTS) is 2. The molecule has 4 rings (SSSR count). The number of ether oxygens (including phenoxy) is 2. The van der Waals surface area contributed by atoms with E-state index in [1.807, 2.05) is 46.7 Å². The summed E-state index contributed by atoms with van der Waals surface area (Å²) in [6.45, 7) is 21.3. The molecule has 4 unspecified atom stereocenters. The number of carbonyl (C=O) groups excluding carboxylic acids is 1. The highest BCUT2D eigenvalue weighted by atomic mass is 35.5. The molecule has 1 amide bonds. The third-order valence-electron chi connectivity index (χ3n) is 12.9. The van der Waals surface area contributed by atoms with Crippen LogP contribution in [-0.2, 0) is 23.9 Å². The second-order valence-electron chi connectivity index (χ2n) is 18.9. The van der Waals surface area contributed by atoms with Crippen LogP contribution in [0.15, 0.2) is 25.3 Å². The van der Waals surface area contributed by atoms with Crippen molar-refractivity contribution in [2.45, 2.75) is 170 Å². The van der Waals surface area contributed by atoms with Gasteiger partial charge in [-0.05, 0) is 64.1 Å². The average molecular weight is 1100 g/mol. The molecule has 0 saturated carbocycles. The first-order valence-electron chi connectivity index (χ1n) is 22.7. The van der Waals surface area contributed by atoms with Gasteiger partial charge in [0, 0.05) is 48.4 Å². The number of carbonyl (C=O) groups is 3. The number of nitrogens with two attached hydrogens (primary N) is 1. The number of amides is 1. The smallest absolute Gasteiger partial charge is 0.480 e. The van der Waals surface area contributed by atoms with Crippen LogP contribution in [0.1, 0.15) is 80.1 Å². The van der Waals surface area contributed by atoms with E-state index in [9.17, 15) is 57.3 Å². The number of rotatable bonds is 15. The maximum Gasteiger partial charge on any atom is 0.490 e. The highest BCUT2D eigenvalue weighted by Gasteiger charge is 2.51. The molecule has 70 heavy (non-hydrogen) atoms. The number of aliphatic hydroxyl groups is 6. The summed E-state index contributed by atoms with van der Waals surface area (Å²) in [6.07, 6.45) is 0.303. The highest BCUT2D eigenvalue weighted by molar-refractivity contribution is 7.99. The van der Waals surface area contributed by atoms with Gasteiger partial charge < -0.3 is 61.4 Å². The molecule has 4 aliphatic rings. The number of hydrogen-bond acceptors (Lipinski definition) is 17. The highest BCUT2D eigenvalue weighted by Crippen LogP contribution is 2.37. The van der Waals surface area contributed by atoms with E-state index in [2.05, 4.69) is 37.2 Å². The molecule has 0 aromatic heterocycles. The number of nitrogens with zero attached hydrogens (tertiary/aromatic N) is 2. The molecule has 0 radical (unpaired) electrons. The summed E-state index contributed by atoms with van der Waals surface area (Å²) >= 11 is 2.78. The lowest BCUT2D eigenvalue weighted by atomic mass is 9.77. The van der Waals surface area contributed by atoms with Gasteiger partial charge in [0.05, 0.1) is 12.1 Å². The summed E-state index contributed by atoms with van der Waals surface area (Å²) in [7, 11) is 3.86. The molecule has 4 saturated heterocycles. The lowest BCUT2D eigenvalue weighted by molar-refractivity contribution is -0.210. The Morgan fingerprint density at radius 3 is 1.41 bits per heavy atom. The van der Waals surface area contributed by atoms with Crippen LogP contribution >= 0.6 is 48.1 Å². The first-order valence-corrected chi connectivity index (χ1v) is 26.4. The second-order valence-corrected chi connectivity index (χ2v) is 21.1. The standard InChI is InChI=1S/C21H38N2O5S.C12H23NO4S.C9H17NO2.C2HF3O2.CH3FS.ClH/c1-7-9-12-10-13(23(5)11-12)19(27)22-18(21(3,4)8-2)17-15(25)14(24)16(26)20(28-17)29-6;1-5-12(2,3)10(13)9-7(15)6(14)8(16)11(17-9)18-4;1-3-4-7-5-8(9(11)12)10(2)6-7;3-2(4,5)1(6)7;1-3-2;/h8,12-18,20,24-26H,2,7,9-11H2,1,3-6H3,(H,22,27);5-11,14-16H,1,13H2,2-4H3;7-8H,3-6H2,1-2H3,(H,11,12);(H,6,7);1H3;1H/t12-,13+,14-,15?,16-,17+,18+,20?;6-,7?,8-,9+,10+,11?;7-,8+;;;/m111.../s1. The predicted molar refractivity (Wildman–Crippen MR) is 270 cm³/mol. The summed E-state index contributed by atoms with van der Waals surface area (Å²) < 4.78 is 53.5. The van der Waals surface area contributed by atoms with Gasteiger partial charge in [-0.15, -0.1) is 49.1 Å². The van der Waals surface area contributed by atoms with Gasteiger partial charge in [-0.2, -0.15) is 17.1 Å². The van der Waals surface area contributed by atoms with Crippen molar-refractivity contribution in [3.63, 3.8) is 0 Å². The van der Waals surface area contributed by atoms with Gasteiger partial charge in [0.15, 0.2) is 0 Å². The minimum absolute atomic E-state index is 0. The van der Waals surface area contributed by atoms with Crippen LogP contribution in [0.3, 0.4) is 0 Å². The van der Waals surface area contributed by atoms with Gasteiger partial charge in [-0.3, -0.25) is 19.4 Å². The van der Waals surface area contributed by atoms with Crippen molar-refractivity contribution in [2.24, 2.45) is 28.4 Å². The summed E-state index contributed by atoms with van der Waals surface area (Å²) in [5.41, 5.74) is 3.75. The molecule has 16 atom stereocenters. The quantitative estimate of drug-likeness (QED) is 0.0815. The molecule has 0 aromatic carbocycles. The molecule has 0 bridgehead atoms. The molecule has 17 nitrogen and oxygen atoms in total. The Bertz CT molecular complexity index is 1570. The summed E-state index contributed by atoms with van der Waals surface area (Å²) in [5.74, 6) is -2.44. The molecule has 414 valence electrons. The molecule has 0 aliphatic carbocycles. The number of likely N-dealkylation sites (N-methyl/N-ethyl adjacent to an activating group) is 2. The number of halogens is 5. The van der Waals surface area contributed by atoms with Gasteiger partial charge in [0.1, 0.15) is 65.7 Å². The van der Waals surface area contributed by atoms with E-state index in [4.69, 9.17) is 30.2 Å². The Morgan fingerprint density at radius 1 is 0.729 bits per heavy atom. The van der Waals surface area contributed by atoms with Crippen molar-refractivity contribution in [3.05, 3.63) is 25.3 Å². The fraction of sp³-hybridized carbons (Fsp3) is 0.844. The fourth-order valence-electron chi connectivity index (χ4n) is 8.38. The molecular formula is C45H83ClF4N4O13S3. The maximum atomic E-state index is 13.2. The first kappa shape index (κ1) is 70.6. The van der Waals surface area contributed by atoms with Crippen LogP contribution < -0.4 is 11.1 Å². The SMILES string of the molecule is C=CC(C)(C)[C@@H](N)[C@H]1OC(SC)[C@H](O)[C@H](O)C1O.C=CC(C)(C)[C@@H](NC(=O)[C@@H]1C[C@@H](CCC)CN1C)[C@H]1OC(SC)[C@H](O)[C@H](O)C1O.CCC[C@@H]1C[C@@H](C(=O)O)N(C)C1.CSF.Cl.O=C(O)C(F)(F)F. The number of nitrogens with one attached hydrogen (secondary N) is 1. The minimum atomic E-state index is -5.08. The van der Waals surface area contributed by atoms with Gasteiger partial charge in [-0.25, -0.2) is 4.79 Å². The van der Waals surface area contributed by atoms with Crippen LogP contribution in [-0.4, -0.2) is 204 Å². The summed E-state index contributed by atoms with van der Waals surface area (Å²) in [5, 5.41) is 79.8. The molecule has 4 aliphatic heterocycles. The van der Waals surface area contributed by atoms with E-state index in [1.54, 1.807) is 24.7 Å². The average Bonchev–Trinajstić information content (AvgIpc) is 3.85. The van der Waals surface area contributed by atoms with Crippen LogP contribution in [0.4, 0.5) is 17.1 Å². The molecule has 0 aromatic rings. The van der Waals surface area contributed by atoms with Crippen molar-refractivity contribution >= 4 is 65.9 Å². The number of hydrogen-bond donors (Lipinski definition) is 10. The number of thioether (sulfide) groups is 2. The van der Waals surface area contributed by atoms with Gasteiger partial charge in [-0.1, -0.05) is 66.5 Å². The zero-order valence-corrected chi connectivity index (χ0v) is 45.5. The Labute approximate surface area is 430 Å². The molecule has 4 heterocycles. The number of alkyl halides is 3. The second kappa shape index (κ2) is 32.7. The molecular weight excluding hydrogens is 1010 g/mol. The van der Waals surface area contributed by atoms with E-state index in [0.717, 1.165) is 51.6 Å². The number of aliphatic carboxylic acids is 2. The Balaban J connectivity index is 0. The van der Waals surface area contributed by atoms with Crippen molar-refractivity contribution in [1.29, 1.82) is 0 Å². The monoisotopic (exact) mass is 1090 g/mol. The lowest BCUT2D eigenvalue weighted by Crippen LogP contribution is -2.66. The minimum Gasteiger partial charge on any atom is -0.480 e. The zero-order valence-electron chi connectivity index (χ0n) is 42.2. The Kier molecular flexibility index (Phi) is 33.0. The van der Waals surface area contributed by atoms with E-state index in [1.165, 1.54) is 29.8 Å². The van der Waals surface area contributed by atoms with Crippen LogP contribution in [0, 0.1) is 22.7 Å². The fourth-order valence-corrected chi connectivity index (χ4v) is 9.74. The molecule has 11 N–H and O–H groups in total. The van der Waals surface area contributed by atoms with Gasteiger partial charge >= 0.3 is 18.1 Å². The van der Waals surface area contributed by atoms with E-state index < -0.39 is 101 Å². The van der Waals surface area contributed by atoms with Crippen LogP contribution in [0.25, 0.3) is 0 Å². The zero-order chi connectivity index (χ0) is 53.9. The Hall–Kier alpha value is -1.49. The predicted octanol–water partition coefficient (Wildman–Crippen LogP) is 4.15. The summed E-state index contributed by atoms with van der Waals surface area (Å²) in [6, 6.07) is -1.61. The van der Waals surface area contributed by atoms with E-state index >= 15 is 0 Å². The Morgan fingerprint density at radius 2 is 1.09 bits per heavy atom. The lowest BCUT2D eigenvalue weighted by Gasteiger charge is -2.47. The van der Waals surface area contributed by atoms with E-state index in [-0.39, 0.29) is 42.5 Å². The first-order chi connectivity index (χ1) is 31.8. The molecule has 25 heteroatoms. The van der Waals surface area contributed by atoms with Crippen LogP contribution in [0.5, 0.6) is 0 Å². The molecule has 0 spiro atoms. The van der Waals surface area contributed by atoms with Crippen molar-refractivity contribution in [3.8, 4) is 0 Å². The van der Waals surface area contributed by atoms with Gasteiger partial charge in [0.25, 0.3) is 0 Å². The van der Waals surface area contributed by atoms with Crippen molar-refractivity contribution < 1.29 is 81.8 Å². The maximum absolute atomic E-state index is 13.2. The largest absolute Gasteiger partial charge is 0.490 e. The topological polar surface area (TPSA) is 276 Å². The van der Waals surface area contributed by atoms with Gasteiger partial charge in [0.2, 0.25) is 5.91 Å². The third kappa shape index (κ3) is 21.0. The number of likely N-dealkylation sites (tertiary alicyclic amines) is 2. The normalized spacial score (nSPS) is 32.3. The molecule has 4 fully saturated rings. The number of carboxylic acids is 2. The number of aliphatic hydroxyl groups excluding tert-OH is 6. The van der Waals surface area contributed by atoms with Crippen molar-refractivity contribution in [1.82, 2.24) is 15.1 Å². The van der Waals surface area contributed by atoms with Crippen molar-refractivity contribution in [2.75, 3.05) is 46.0 Å². The van der Waals surface area contributed by atoms with Crippen LogP contribution in [0.2, 0.25) is 0 Å². The van der Waals surface area contributed by atoms with E-state index in [0.29, 0.717) is 11.8 Å².